The Morgan fingerprint density at radius 3 is 2.64 bits per heavy atom. The highest BCUT2D eigenvalue weighted by molar-refractivity contribution is 7.89. The molecule has 25 heavy (non-hydrogen) atoms. The van der Waals surface area contributed by atoms with Gasteiger partial charge in [0.15, 0.2) is 0 Å². The Bertz CT molecular complexity index is 1100. The lowest BCUT2D eigenvalue weighted by atomic mass is 10.2. The van der Waals surface area contributed by atoms with Gasteiger partial charge in [0.2, 0.25) is 10.0 Å². The Kier molecular flexibility index (Phi) is 4.20. The molecule has 2 N–H and O–H groups in total. The number of nitriles is 1. The number of aromatic nitrogens is 2. The smallest absolute Gasteiger partial charge is 0.238 e. The van der Waals surface area contributed by atoms with Crippen molar-refractivity contribution in [1.29, 1.82) is 5.26 Å². The van der Waals surface area contributed by atoms with Gasteiger partial charge in [-0.2, -0.15) is 5.26 Å². The number of anilines is 1. The number of primary sulfonamides is 1. The fourth-order valence-corrected chi connectivity index (χ4v) is 3.29. The van der Waals surface area contributed by atoms with Crippen molar-refractivity contribution < 1.29 is 8.42 Å². The zero-order valence-electron chi connectivity index (χ0n) is 13.8. The van der Waals surface area contributed by atoms with E-state index in [-0.39, 0.29) is 10.5 Å². The van der Waals surface area contributed by atoms with Crippen LogP contribution < -0.4 is 10.0 Å². The maximum atomic E-state index is 11.5. The molecule has 3 rings (SSSR count). The zero-order valence-corrected chi connectivity index (χ0v) is 14.7. The molecule has 0 amide bonds. The molecule has 1 heterocycles. The largest absolute Gasteiger partial charge is 0.366 e. The van der Waals surface area contributed by atoms with Gasteiger partial charge in [-0.3, -0.25) is 0 Å². The Hall–Kier alpha value is -2.89. The Balaban J connectivity index is 1.96. The van der Waals surface area contributed by atoms with Crippen molar-refractivity contribution in [2.24, 2.45) is 12.2 Å². The number of hydrogen-bond acceptors (Lipinski definition) is 5. The lowest BCUT2D eigenvalue weighted by molar-refractivity contribution is 0.597. The van der Waals surface area contributed by atoms with Gasteiger partial charge in [-0.1, -0.05) is 12.1 Å². The van der Waals surface area contributed by atoms with Crippen LogP contribution in [0, 0.1) is 11.3 Å². The van der Waals surface area contributed by atoms with Crippen LogP contribution in [0.15, 0.2) is 47.4 Å². The Morgan fingerprint density at radius 1 is 1.28 bits per heavy atom. The van der Waals surface area contributed by atoms with Crippen molar-refractivity contribution in [3.8, 4) is 6.07 Å². The van der Waals surface area contributed by atoms with Gasteiger partial charge in [0.05, 0.1) is 33.7 Å². The first kappa shape index (κ1) is 17.0. The van der Waals surface area contributed by atoms with Gasteiger partial charge >= 0.3 is 0 Å². The summed E-state index contributed by atoms with van der Waals surface area (Å²) in [6.07, 6.45) is 0. The van der Waals surface area contributed by atoms with Crippen LogP contribution in [0.2, 0.25) is 0 Å². The second kappa shape index (κ2) is 6.20. The second-order valence-electron chi connectivity index (χ2n) is 5.77. The highest BCUT2D eigenvalue weighted by Crippen LogP contribution is 2.24. The molecule has 3 aromatic rings. The molecule has 128 valence electrons. The summed E-state index contributed by atoms with van der Waals surface area (Å²) >= 11 is 0. The van der Waals surface area contributed by atoms with E-state index in [0.29, 0.717) is 12.2 Å². The number of para-hydroxylation sites is 2. The van der Waals surface area contributed by atoms with Crippen molar-refractivity contribution >= 4 is 26.7 Å². The number of benzene rings is 2. The minimum absolute atomic E-state index is 0.0797. The summed E-state index contributed by atoms with van der Waals surface area (Å²) in [4.78, 5) is 6.39. The van der Waals surface area contributed by atoms with Crippen LogP contribution in [-0.2, 0) is 23.6 Å². The summed E-state index contributed by atoms with van der Waals surface area (Å²) in [5.74, 6) is 0.836. The van der Waals surface area contributed by atoms with Crippen molar-refractivity contribution in [1.82, 2.24) is 9.55 Å². The second-order valence-corrected chi connectivity index (χ2v) is 7.33. The number of fused-ring (bicyclic) bond motifs is 1. The normalized spacial score (nSPS) is 11.4. The summed E-state index contributed by atoms with van der Waals surface area (Å²) in [6, 6.07) is 14.1. The fraction of sp³-hybridized carbons (Fsp3) is 0.176. The first-order valence-electron chi connectivity index (χ1n) is 7.49. The predicted molar refractivity (Wildman–Crippen MR) is 95.4 cm³/mol. The number of nitrogens with two attached hydrogens (primary N) is 1. The summed E-state index contributed by atoms with van der Waals surface area (Å²) in [6.45, 7) is 0.467. The fourth-order valence-electron chi connectivity index (χ4n) is 2.75. The summed E-state index contributed by atoms with van der Waals surface area (Å²) in [5.41, 5.74) is 2.78. The van der Waals surface area contributed by atoms with Gasteiger partial charge in [0.1, 0.15) is 11.9 Å². The molecule has 7 nitrogen and oxygen atoms in total. The summed E-state index contributed by atoms with van der Waals surface area (Å²) in [7, 11) is -0.0831. The van der Waals surface area contributed by atoms with Gasteiger partial charge in [-0.05, 0) is 30.3 Å². The van der Waals surface area contributed by atoms with Crippen LogP contribution >= 0.6 is 0 Å². The molecule has 0 atom stereocenters. The van der Waals surface area contributed by atoms with Crippen molar-refractivity contribution in [3.63, 3.8) is 0 Å². The third-order valence-electron chi connectivity index (χ3n) is 4.09. The third-order valence-corrected chi connectivity index (χ3v) is 5.00. The first-order valence-corrected chi connectivity index (χ1v) is 9.04. The number of nitrogens with zero attached hydrogens (tertiary/aromatic N) is 4. The molecule has 2 aromatic carbocycles. The minimum atomic E-state index is -3.85. The number of aryl methyl sites for hydroxylation is 1. The van der Waals surface area contributed by atoms with E-state index in [9.17, 15) is 13.7 Å². The molecular weight excluding hydrogens is 338 g/mol. The van der Waals surface area contributed by atoms with Gasteiger partial charge in [-0.15, -0.1) is 0 Å². The molecule has 0 saturated carbocycles. The molecule has 0 aliphatic rings. The van der Waals surface area contributed by atoms with Crippen LogP contribution in [-0.4, -0.2) is 25.0 Å². The van der Waals surface area contributed by atoms with E-state index in [2.05, 4.69) is 4.98 Å². The van der Waals surface area contributed by atoms with E-state index in [1.54, 1.807) is 6.07 Å². The average molecular weight is 355 g/mol. The highest BCUT2D eigenvalue weighted by atomic mass is 32.2. The average Bonchev–Trinajstić information content (AvgIpc) is 2.89. The lowest BCUT2D eigenvalue weighted by Crippen LogP contribution is -2.20. The zero-order chi connectivity index (χ0) is 18.2. The number of imidazole rings is 1. The van der Waals surface area contributed by atoms with Gasteiger partial charge in [0, 0.05) is 14.1 Å². The molecule has 0 bridgehead atoms. The summed E-state index contributed by atoms with van der Waals surface area (Å²) < 4.78 is 24.9. The summed E-state index contributed by atoms with van der Waals surface area (Å²) in [5, 5.41) is 14.5. The van der Waals surface area contributed by atoms with E-state index in [1.807, 2.05) is 53.9 Å². The first-order chi connectivity index (χ1) is 11.8. The van der Waals surface area contributed by atoms with E-state index in [1.165, 1.54) is 12.1 Å². The van der Waals surface area contributed by atoms with Crippen molar-refractivity contribution in [2.45, 2.75) is 11.4 Å². The van der Waals surface area contributed by atoms with Gasteiger partial charge in [0.25, 0.3) is 0 Å². The maximum Gasteiger partial charge on any atom is 0.238 e. The van der Waals surface area contributed by atoms with E-state index in [4.69, 9.17) is 5.14 Å². The van der Waals surface area contributed by atoms with Crippen molar-refractivity contribution in [3.05, 3.63) is 53.9 Å². The SMILES string of the molecule is CN(Cc1nc2ccccc2n1C)c1ccc(S(N)(=O)=O)cc1C#N. The van der Waals surface area contributed by atoms with Gasteiger partial charge in [-0.25, -0.2) is 18.5 Å². The molecule has 1 aromatic heterocycles. The molecule has 0 unspecified atom stereocenters. The number of rotatable bonds is 4. The topological polar surface area (TPSA) is 105 Å². The molecule has 0 aliphatic heterocycles. The molecule has 0 radical (unpaired) electrons. The quantitative estimate of drug-likeness (QED) is 0.767. The third kappa shape index (κ3) is 3.20. The molecule has 0 saturated heterocycles. The standard InChI is InChI=1S/C17H17N5O2S/c1-21(11-17-20-14-5-3-4-6-16(14)22(17)2)15-8-7-13(25(19,23)24)9-12(15)10-18/h3-9H,11H2,1-2H3,(H2,19,23,24). The minimum Gasteiger partial charge on any atom is -0.366 e. The Morgan fingerprint density at radius 2 is 2.00 bits per heavy atom. The Labute approximate surface area is 146 Å². The van der Waals surface area contributed by atoms with Crippen LogP contribution in [0.3, 0.4) is 0 Å². The van der Waals surface area contributed by atoms with E-state index in [0.717, 1.165) is 16.9 Å². The molecule has 0 fully saturated rings. The number of sulfonamides is 1. The number of hydrogen-bond donors (Lipinski definition) is 1. The van der Waals surface area contributed by atoms with Gasteiger partial charge < -0.3 is 9.47 Å². The van der Waals surface area contributed by atoms with E-state index < -0.39 is 10.0 Å². The molecular formula is C17H17N5O2S. The lowest BCUT2D eigenvalue weighted by Gasteiger charge is -2.20. The molecule has 0 spiro atoms. The van der Waals surface area contributed by atoms with Crippen LogP contribution in [0.25, 0.3) is 11.0 Å². The van der Waals surface area contributed by atoms with E-state index >= 15 is 0 Å². The highest BCUT2D eigenvalue weighted by Gasteiger charge is 2.16. The van der Waals surface area contributed by atoms with Crippen LogP contribution in [0.5, 0.6) is 0 Å². The maximum absolute atomic E-state index is 11.5. The molecule has 8 heteroatoms. The molecule has 0 aliphatic carbocycles. The monoisotopic (exact) mass is 355 g/mol. The van der Waals surface area contributed by atoms with Crippen LogP contribution in [0.4, 0.5) is 5.69 Å². The van der Waals surface area contributed by atoms with Crippen molar-refractivity contribution in [2.75, 3.05) is 11.9 Å². The van der Waals surface area contributed by atoms with Crippen LogP contribution in [0.1, 0.15) is 11.4 Å². The predicted octanol–water partition coefficient (Wildman–Crippen LogP) is 1.73.